The third-order valence-electron chi connectivity index (χ3n) is 2.25. The van der Waals surface area contributed by atoms with Crippen LogP contribution < -0.4 is 0 Å². The zero-order valence-electron chi connectivity index (χ0n) is 12.2. The first-order valence-corrected chi connectivity index (χ1v) is 6.59. The standard InChI is InChI=1S/C15H23NO3/c1-5-11-16(14(17)19-15(2,3)4)18-12-13-9-7-6-8-10-13/h6-10H,5,11-12H2,1-4H3. The van der Waals surface area contributed by atoms with Crippen molar-refractivity contribution in [1.29, 1.82) is 0 Å². The highest BCUT2D eigenvalue weighted by atomic mass is 16.7. The second kappa shape index (κ2) is 7.14. The number of rotatable bonds is 5. The van der Waals surface area contributed by atoms with Crippen LogP contribution in [0.3, 0.4) is 0 Å². The van der Waals surface area contributed by atoms with Crippen molar-refractivity contribution in [2.75, 3.05) is 6.54 Å². The number of nitrogens with zero attached hydrogens (tertiary/aromatic N) is 1. The monoisotopic (exact) mass is 265 g/mol. The molecule has 0 atom stereocenters. The summed E-state index contributed by atoms with van der Waals surface area (Å²) in [6.45, 7) is 8.38. The third-order valence-corrected chi connectivity index (χ3v) is 2.25. The van der Waals surface area contributed by atoms with Crippen molar-refractivity contribution in [3.05, 3.63) is 35.9 Å². The Bertz CT molecular complexity index is 384. The van der Waals surface area contributed by atoms with Crippen LogP contribution in [0.1, 0.15) is 39.7 Å². The van der Waals surface area contributed by atoms with Gasteiger partial charge in [-0.2, -0.15) is 5.06 Å². The molecule has 0 spiro atoms. The van der Waals surface area contributed by atoms with Gasteiger partial charge in [-0.1, -0.05) is 37.3 Å². The number of amides is 1. The van der Waals surface area contributed by atoms with Crippen LogP contribution >= 0.6 is 0 Å². The summed E-state index contributed by atoms with van der Waals surface area (Å²) in [4.78, 5) is 17.5. The molecular weight excluding hydrogens is 242 g/mol. The average molecular weight is 265 g/mol. The van der Waals surface area contributed by atoms with Crippen molar-refractivity contribution in [1.82, 2.24) is 5.06 Å². The van der Waals surface area contributed by atoms with Gasteiger partial charge in [-0.3, -0.25) is 4.84 Å². The van der Waals surface area contributed by atoms with Gasteiger partial charge in [-0.15, -0.1) is 0 Å². The van der Waals surface area contributed by atoms with Crippen LogP contribution in [-0.4, -0.2) is 23.3 Å². The lowest BCUT2D eigenvalue weighted by molar-refractivity contribution is -0.156. The Hall–Kier alpha value is -1.55. The van der Waals surface area contributed by atoms with Crippen LogP contribution in [0.15, 0.2) is 30.3 Å². The minimum atomic E-state index is -0.515. The zero-order valence-corrected chi connectivity index (χ0v) is 12.2. The largest absolute Gasteiger partial charge is 0.442 e. The highest BCUT2D eigenvalue weighted by Crippen LogP contribution is 2.12. The Labute approximate surface area is 115 Å². The number of hydrogen-bond acceptors (Lipinski definition) is 3. The van der Waals surface area contributed by atoms with Crippen LogP contribution in [-0.2, 0) is 16.2 Å². The zero-order chi connectivity index (χ0) is 14.3. The quantitative estimate of drug-likeness (QED) is 0.761. The molecule has 0 bridgehead atoms. The fourth-order valence-corrected chi connectivity index (χ4v) is 1.45. The molecule has 0 aliphatic carbocycles. The predicted molar refractivity (Wildman–Crippen MR) is 74.5 cm³/mol. The first-order valence-electron chi connectivity index (χ1n) is 6.59. The molecule has 0 radical (unpaired) electrons. The Morgan fingerprint density at radius 2 is 1.84 bits per heavy atom. The van der Waals surface area contributed by atoms with Crippen LogP contribution in [0.4, 0.5) is 4.79 Å². The van der Waals surface area contributed by atoms with Gasteiger partial charge in [0.25, 0.3) is 0 Å². The van der Waals surface area contributed by atoms with E-state index in [1.54, 1.807) is 0 Å². The average Bonchev–Trinajstić information content (AvgIpc) is 2.33. The fourth-order valence-electron chi connectivity index (χ4n) is 1.45. The van der Waals surface area contributed by atoms with E-state index in [2.05, 4.69) is 0 Å². The molecule has 106 valence electrons. The van der Waals surface area contributed by atoms with E-state index in [9.17, 15) is 4.79 Å². The van der Waals surface area contributed by atoms with Gasteiger partial charge in [0.1, 0.15) is 12.2 Å². The molecule has 1 rings (SSSR count). The van der Waals surface area contributed by atoms with Crippen molar-refractivity contribution in [2.45, 2.75) is 46.3 Å². The number of carbonyl (C=O) groups is 1. The van der Waals surface area contributed by atoms with Gasteiger partial charge in [0.2, 0.25) is 0 Å². The first kappa shape index (κ1) is 15.5. The Kier molecular flexibility index (Phi) is 5.83. The molecule has 19 heavy (non-hydrogen) atoms. The molecule has 0 saturated heterocycles. The second-order valence-corrected chi connectivity index (χ2v) is 5.34. The van der Waals surface area contributed by atoms with E-state index >= 15 is 0 Å². The van der Waals surface area contributed by atoms with Crippen molar-refractivity contribution >= 4 is 6.09 Å². The molecule has 0 unspecified atom stereocenters. The van der Waals surface area contributed by atoms with Gasteiger partial charge < -0.3 is 4.74 Å². The molecular formula is C15H23NO3. The Morgan fingerprint density at radius 1 is 1.21 bits per heavy atom. The molecule has 0 aliphatic heterocycles. The molecule has 0 saturated carbocycles. The molecule has 0 N–H and O–H groups in total. The minimum absolute atomic E-state index is 0.361. The molecule has 1 aromatic rings. The van der Waals surface area contributed by atoms with Crippen molar-refractivity contribution in [3.8, 4) is 0 Å². The van der Waals surface area contributed by atoms with Gasteiger partial charge in [-0.25, -0.2) is 4.79 Å². The van der Waals surface area contributed by atoms with E-state index < -0.39 is 11.7 Å². The topological polar surface area (TPSA) is 38.8 Å². The van der Waals surface area contributed by atoms with Crippen LogP contribution in [0.5, 0.6) is 0 Å². The summed E-state index contributed by atoms with van der Waals surface area (Å²) in [6, 6.07) is 9.74. The predicted octanol–water partition coefficient (Wildman–Crippen LogP) is 3.77. The molecule has 1 amide bonds. The Morgan fingerprint density at radius 3 is 2.37 bits per heavy atom. The first-order chi connectivity index (χ1) is 8.92. The number of hydrogen-bond donors (Lipinski definition) is 0. The van der Waals surface area contributed by atoms with E-state index in [1.807, 2.05) is 58.0 Å². The molecule has 0 aromatic heterocycles. The van der Waals surface area contributed by atoms with E-state index in [-0.39, 0.29) is 0 Å². The highest BCUT2D eigenvalue weighted by molar-refractivity contribution is 5.66. The van der Waals surface area contributed by atoms with Crippen LogP contribution in [0.2, 0.25) is 0 Å². The van der Waals surface area contributed by atoms with E-state index in [0.29, 0.717) is 13.2 Å². The molecule has 1 aromatic carbocycles. The van der Waals surface area contributed by atoms with E-state index in [0.717, 1.165) is 12.0 Å². The van der Waals surface area contributed by atoms with Gasteiger partial charge in [-0.05, 0) is 32.8 Å². The van der Waals surface area contributed by atoms with Crippen molar-refractivity contribution < 1.29 is 14.4 Å². The number of benzene rings is 1. The molecule has 4 nitrogen and oxygen atoms in total. The number of ether oxygens (including phenoxy) is 1. The fraction of sp³-hybridized carbons (Fsp3) is 0.533. The number of hydroxylamine groups is 2. The van der Waals surface area contributed by atoms with Gasteiger partial charge in [0.15, 0.2) is 0 Å². The molecule has 0 aliphatic rings. The SMILES string of the molecule is CCCN(OCc1ccccc1)C(=O)OC(C)(C)C. The Balaban J connectivity index is 2.55. The van der Waals surface area contributed by atoms with Gasteiger partial charge >= 0.3 is 6.09 Å². The summed E-state index contributed by atoms with van der Waals surface area (Å²) in [6.07, 6.45) is 0.374. The highest BCUT2D eigenvalue weighted by Gasteiger charge is 2.22. The summed E-state index contributed by atoms with van der Waals surface area (Å²) >= 11 is 0. The van der Waals surface area contributed by atoms with Crippen LogP contribution in [0, 0.1) is 0 Å². The minimum Gasteiger partial charge on any atom is -0.442 e. The van der Waals surface area contributed by atoms with Crippen molar-refractivity contribution in [2.24, 2.45) is 0 Å². The maximum Gasteiger partial charge on any atom is 0.434 e. The maximum absolute atomic E-state index is 11.9. The van der Waals surface area contributed by atoms with Crippen LogP contribution in [0.25, 0.3) is 0 Å². The smallest absolute Gasteiger partial charge is 0.434 e. The number of carbonyl (C=O) groups excluding carboxylic acids is 1. The normalized spacial score (nSPS) is 11.2. The molecule has 4 heteroatoms. The molecule has 0 heterocycles. The summed E-state index contributed by atoms with van der Waals surface area (Å²) in [5, 5.41) is 1.29. The molecule has 0 fully saturated rings. The van der Waals surface area contributed by atoms with Gasteiger partial charge in [0, 0.05) is 0 Å². The van der Waals surface area contributed by atoms with Gasteiger partial charge in [0.05, 0.1) is 6.54 Å². The van der Waals surface area contributed by atoms with Crippen molar-refractivity contribution in [3.63, 3.8) is 0 Å². The lowest BCUT2D eigenvalue weighted by Gasteiger charge is -2.26. The summed E-state index contributed by atoms with van der Waals surface area (Å²) < 4.78 is 5.30. The van der Waals surface area contributed by atoms with E-state index in [4.69, 9.17) is 9.57 Å². The van der Waals surface area contributed by atoms with E-state index in [1.165, 1.54) is 5.06 Å². The summed E-state index contributed by atoms with van der Waals surface area (Å²) in [7, 11) is 0. The third kappa shape index (κ3) is 6.25. The lowest BCUT2D eigenvalue weighted by Crippen LogP contribution is -2.37. The maximum atomic E-state index is 11.9. The summed E-state index contributed by atoms with van der Waals surface area (Å²) in [5.41, 5.74) is 0.506. The lowest BCUT2D eigenvalue weighted by atomic mass is 10.2. The second-order valence-electron chi connectivity index (χ2n) is 5.34. The summed E-state index contributed by atoms with van der Waals surface area (Å²) in [5.74, 6) is 0.